The number of amides is 1. The molecule has 0 aliphatic carbocycles. The number of nitrogens with one attached hydrogen (secondary N) is 2. The first-order chi connectivity index (χ1) is 12.2. The summed E-state index contributed by atoms with van der Waals surface area (Å²) in [5.41, 5.74) is -0.667. The molecule has 0 spiro atoms. The number of nitrogens with zero attached hydrogens (tertiary/aromatic N) is 2. The van der Waals surface area contributed by atoms with Crippen molar-refractivity contribution in [3.63, 3.8) is 0 Å². The predicted molar refractivity (Wildman–Crippen MR) is 95.7 cm³/mol. The molecule has 0 radical (unpaired) electrons. The summed E-state index contributed by atoms with van der Waals surface area (Å²) in [4.78, 5) is 18.2. The Morgan fingerprint density at radius 2 is 1.96 bits per heavy atom. The summed E-state index contributed by atoms with van der Waals surface area (Å²) >= 11 is 5.62. The van der Waals surface area contributed by atoms with Gasteiger partial charge in [0.25, 0.3) is 5.91 Å². The predicted octanol–water partition coefficient (Wildman–Crippen LogP) is 3.98. The molecule has 0 saturated heterocycles. The Morgan fingerprint density at radius 3 is 2.54 bits per heavy atom. The third-order valence-corrected chi connectivity index (χ3v) is 3.65. The fourth-order valence-corrected chi connectivity index (χ4v) is 2.28. The molecule has 140 valence electrons. The minimum atomic E-state index is -4.64. The van der Waals surface area contributed by atoms with Crippen LogP contribution in [-0.2, 0) is 6.18 Å². The SMILES string of the molecule is CN(C)CCNc1ccc(C(=O)Nc2ccc(Cl)cc2C(F)(F)F)nc1. The van der Waals surface area contributed by atoms with Gasteiger partial charge in [0.05, 0.1) is 23.1 Å². The minimum absolute atomic E-state index is 0.00577. The fraction of sp³-hybridized carbons (Fsp3) is 0.294. The molecular formula is C17H18ClF3N4O. The molecule has 0 aliphatic rings. The highest BCUT2D eigenvalue weighted by Crippen LogP contribution is 2.36. The van der Waals surface area contributed by atoms with Crippen molar-refractivity contribution in [1.29, 1.82) is 0 Å². The Morgan fingerprint density at radius 1 is 1.23 bits per heavy atom. The molecule has 9 heteroatoms. The maximum absolute atomic E-state index is 13.1. The normalized spacial score (nSPS) is 11.5. The molecule has 0 aliphatic heterocycles. The van der Waals surface area contributed by atoms with Gasteiger partial charge in [-0.1, -0.05) is 11.6 Å². The Hall–Kier alpha value is -2.32. The number of carbonyl (C=O) groups is 1. The molecule has 2 aromatic rings. The number of likely N-dealkylation sites (N-methyl/N-ethyl adjacent to an activating group) is 1. The van der Waals surface area contributed by atoms with Gasteiger partial charge >= 0.3 is 6.18 Å². The third kappa shape index (κ3) is 5.60. The summed E-state index contributed by atoms with van der Waals surface area (Å²) in [5, 5.41) is 5.29. The number of hydrogen-bond donors (Lipinski definition) is 2. The number of anilines is 2. The van der Waals surface area contributed by atoms with Gasteiger partial charge in [0.15, 0.2) is 0 Å². The van der Waals surface area contributed by atoms with E-state index in [0.29, 0.717) is 12.2 Å². The maximum Gasteiger partial charge on any atom is 0.418 e. The second-order valence-corrected chi connectivity index (χ2v) is 6.24. The van der Waals surface area contributed by atoms with Gasteiger partial charge in [0.1, 0.15) is 5.69 Å². The summed E-state index contributed by atoms with van der Waals surface area (Å²) in [6.07, 6.45) is -3.18. The van der Waals surface area contributed by atoms with E-state index in [0.717, 1.165) is 18.7 Å². The van der Waals surface area contributed by atoms with Gasteiger partial charge < -0.3 is 15.5 Å². The van der Waals surface area contributed by atoms with E-state index in [2.05, 4.69) is 15.6 Å². The second kappa shape index (κ2) is 8.37. The first-order valence-corrected chi connectivity index (χ1v) is 8.07. The molecule has 5 nitrogen and oxygen atoms in total. The summed E-state index contributed by atoms with van der Waals surface area (Å²) in [6.45, 7) is 1.51. The molecule has 1 heterocycles. The zero-order valence-corrected chi connectivity index (χ0v) is 14.9. The number of carbonyl (C=O) groups excluding carboxylic acids is 1. The molecule has 2 N–H and O–H groups in total. The molecule has 0 bridgehead atoms. The van der Waals surface area contributed by atoms with Gasteiger partial charge in [0, 0.05) is 18.1 Å². The highest BCUT2D eigenvalue weighted by atomic mass is 35.5. The summed E-state index contributed by atoms with van der Waals surface area (Å²) < 4.78 is 39.2. The first-order valence-electron chi connectivity index (χ1n) is 7.69. The van der Waals surface area contributed by atoms with Crippen molar-refractivity contribution in [2.24, 2.45) is 0 Å². The average molecular weight is 387 g/mol. The standard InChI is InChI=1S/C17H18ClF3N4O/c1-25(2)8-7-22-12-4-6-15(23-10-12)16(26)24-14-5-3-11(18)9-13(14)17(19,20)21/h3-6,9-10,22H,7-8H2,1-2H3,(H,24,26). The van der Waals surface area contributed by atoms with Crippen LogP contribution in [0.4, 0.5) is 24.5 Å². The largest absolute Gasteiger partial charge is 0.418 e. The van der Waals surface area contributed by atoms with Crippen molar-refractivity contribution in [2.45, 2.75) is 6.18 Å². The van der Waals surface area contributed by atoms with Crippen LogP contribution in [0.15, 0.2) is 36.5 Å². The Kier molecular flexibility index (Phi) is 6.44. The van der Waals surface area contributed by atoms with E-state index < -0.39 is 17.6 Å². The monoisotopic (exact) mass is 386 g/mol. The first kappa shape index (κ1) is 20.0. The van der Waals surface area contributed by atoms with Gasteiger partial charge in [-0.15, -0.1) is 0 Å². The maximum atomic E-state index is 13.1. The van der Waals surface area contributed by atoms with Crippen LogP contribution in [0.2, 0.25) is 5.02 Å². The van der Waals surface area contributed by atoms with E-state index in [-0.39, 0.29) is 16.4 Å². The molecule has 1 aromatic carbocycles. The number of hydrogen-bond acceptors (Lipinski definition) is 4. The Bertz CT molecular complexity index is 764. The van der Waals surface area contributed by atoms with E-state index in [1.54, 1.807) is 6.07 Å². The lowest BCUT2D eigenvalue weighted by Gasteiger charge is -2.14. The molecule has 1 amide bonds. The number of pyridine rings is 1. The molecule has 1 aromatic heterocycles. The van der Waals surface area contributed by atoms with E-state index in [4.69, 9.17) is 11.6 Å². The molecule has 0 saturated carbocycles. The third-order valence-electron chi connectivity index (χ3n) is 3.42. The average Bonchev–Trinajstić information content (AvgIpc) is 2.56. The van der Waals surface area contributed by atoms with Crippen LogP contribution in [0.3, 0.4) is 0 Å². The molecule has 0 atom stereocenters. The summed E-state index contributed by atoms with van der Waals surface area (Å²) in [7, 11) is 3.89. The quantitative estimate of drug-likeness (QED) is 0.788. The van der Waals surface area contributed by atoms with Gasteiger partial charge in [-0.05, 0) is 44.4 Å². The zero-order valence-electron chi connectivity index (χ0n) is 14.2. The Balaban J connectivity index is 2.09. The molecule has 0 unspecified atom stereocenters. The number of rotatable bonds is 6. The smallest absolute Gasteiger partial charge is 0.383 e. The van der Waals surface area contributed by atoms with Crippen molar-refractivity contribution < 1.29 is 18.0 Å². The van der Waals surface area contributed by atoms with Crippen molar-refractivity contribution in [3.8, 4) is 0 Å². The molecular weight excluding hydrogens is 369 g/mol. The number of aromatic nitrogens is 1. The molecule has 2 rings (SSSR count). The number of halogens is 4. The van der Waals surface area contributed by atoms with Gasteiger partial charge in [-0.3, -0.25) is 4.79 Å². The van der Waals surface area contributed by atoms with Gasteiger partial charge in [-0.2, -0.15) is 13.2 Å². The van der Waals surface area contributed by atoms with Crippen molar-refractivity contribution in [1.82, 2.24) is 9.88 Å². The van der Waals surface area contributed by atoms with E-state index in [9.17, 15) is 18.0 Å². The topological polar surface area (TPSA) is 57.3 Å². The lowest BCUT2D eigenvalue weighted by molar-refractivity contribution is -0.136. The highest BCUT2D eigenvalue weighted by molar-refractivity contribution is 6.30. The van der Waals surface area contributed by atoms with Crippen LogP contribution >= 0.6 is 11.6 Å². The van der Waals surface area contributed by atoms with E-state index in [1.165, 1.54) is 18.3 Å². The second-order valence-electron chi connectivity index (χ2n) is 5.80. The summed E-state index contributed by atoms with van der Waals surface area (Å²) in [5.74, 6) is -0.738. The van der Waals surface area contributed by atoms with Crippen LogP contribution in [0.1, 0.15) is 16.1 Å². The van der Waals surface area contributed by atoms with Gasteiger partial charge in [-0.25, -0.2) is 4.98 Å². The van der Waals surface area contributed by atoms with Crippen molar-refractivity contribution in [2.75, 3.05) is 37.8 Å². The van der Waals surface area contributed by atoms with Crippen LogP contribution < -0.4 is 10.6 Å². The lowest BCUT2D eigenvalue weighted by Crippen LogP contribution is -2.21. The minimum Gasteiger partial charge on any atom is -0.383 e. The molecule has 0 fully saturated rings. The highest BCUT2D eigenvalue weighted by Gasteiger charge is 2.34. The molecule has 26 heavy (non-hydrogen) atoms. The summed E-state index contributed by atoms with van der Waals surface area (Å²) in [6, 6.07) is 6.24. The number of alkyl halides is 3. The van der Waals surface area contributed by atoms with E-state index >= 15 is 0 Å². The number of benzene rings is 1. The van der Waals surface area contributed by atoms with Gasteiger partial charge in [0.2, 0.25) is 0 Å². The van der Waals surface area contributed by atoms with Crippen LogP contribution in [0, 0.1) is 0 Å². The lowest BCUT2D eigenvalue weighted by atomic mass is 10.1. The zero-order chi connectivity index (χ0) is 19.3. The van der Waals surface area contributed by atoms with E-state index in [1.807, 2.05) is 19.0 Å². The van der Waals surface area contributed by atoms with Crippen molar-refractivity contribution >= 4 is 28.9 Å². The van der Waals surface area contributed by atoms with Crippen LogP contribution in [0.25, 0.3) is 0 Å². The van der Waals surface area contributed by atoms with Crippen LogP contribution in [0.5, 0.6) is 0 Å². The van der Waals surface area contributed by atoms with Crippen molar-refractivity contribution in [3.05, 3.63) is 52.8 Å². The fourth-order valence-electron chi connectivity index (χ4n) is 2.10. The van der Waals surface area contributed by atoms with Crippen LogP contribution in [-0.4, -0.2) is 43.0 Å². The Labute approximate surface area is 154 Å².